The Bertz CT molecular complexity index is 619. The number of pyridine rings is 1. The highest BCUT2D eigenvalue weighted by atomic mass is 16.5. The summed E-state index contributed by atoms with van der Waals surface area (Å²) in [4.78, 5) is 17.2. The number of aromatic nitrogens is 3. The fourth-order valence-electron chi connectivity index (χ4n) is 2.72. The Morgan fingerprint density at radius 2 is 2.04 bits per heavy atom. The first kappa shape index (κ1) is 15.7. The highest BCUT2D eigenvalue weighted by Crippen LogP contribution is 2.17. The molecule has 0 unspecified atom stereocenters. The van der Waals surface area contributed by atoms with Crippen LogP contribution in [0.3, 0.4) is 0 Å². The highest BCUT2D eigenvalue weighted by Gasteiger charge is 2.22. The van der Waals surface area contributed by atoms with Crippen LogP contribution in [-0.2, 0) is 11.2 Å². The molecule has 23 heavy (non-hydrogen) atoms. The van der Waals surface area contributed by atoms with Crippen LogP contribution in [-0.4, -0.2) is 54.8 Å². The van der Waals surface area contributed by atoms with Gasteiger partial charge in [-0.15, -0.1) is 0 Å². The molecule has 1 fully saturated rings. The van der Waals surface area contributed by atoms with Crippen molar-refractivity contribution in [3.05, 3.63) is 42.4 Å². The Kier molecular flexibility index (Phi) is 5.02. The van der Waals surface area contributed by atoms with Crippen LogP contribution in [0.5, 0.6) is 0 Å². The molecule has 0 bridgehead atoms. The zero-order valence-corrected chi connectivity index (χ0v) is 13.7. The number of morpholine rings is 1. The van der Waals surface area contributed by atoms with Gasteiger partial charge in [0.1, 0.15) is 5.82 Å². The monoisotopic (exact) mass is 313 g/mol. The van der Waals surface area contributed by atoms with Crippen LogP contribution in [0.1, 0.15) is 12.0 Å². The molecule has 1 saturated heterocycles. The van der Waals surface area contributed by atoms with Gasteiger partial charge in [-0.3, -0.25) is 0 Å². The zero-order valence-electron chi connectivity index (χ0n) is 13.7. The highest BCUT2D eigenvalue weighted by molar-refractivity contribution is 5.39. The minimum absolute atomic E-state index is 0.212. The third kappa shape index (κ3) is 4.16. The molecule has 0 aliphatic carbocycles. The number of hydrogen-bond donors (Lipinski definition) is 0. The van der Waals surface area contributed by atoms with Gasteiger partial charge in [0.2, 0.25) is 5.95 Å². The van der Waals surface area contributed by atoms with E-state index in [0.29, 0.717) is 0 Å². The van der Waals surface area contributed by atoms with E-state index >= 15 is 0 Å². The first-order valence-corrected chi connectivity index (χ1v) is 7.98. The van der Waals surface area contributed by atoms with Gasteiger partial charge in [0.15, 0.2) is 0 Å². The molecule has 122 valence electrons. The van der Waals surface area contributed by atoms with Crippen molar-refractivity contribution in [3.8, 4) is 0 Å². The molecule has 0 N–H and O–H groups in total. The third-order valence-electron chi connectivity index (χ3n) is 4.00. The average molecular weight is 313 g/mol. The number of nitrogens with zero attached hydrogens (tertiary/aromatic N) is 5. The Balaban J connectivity index is 1.57. The average Bonchev–Trinajstić information content (AvgIpc) is 2.61. The standard InChI is InChI=1S/C17H23N5O/c1-21(2)16-12-14(6-9-18-16)4-5-15-13-22(10-11-23-15)17-19-7-3-8-20-17/h3,6-9,12,15H,4-5,10-11,13H2,1-2H3/t15-/m0/s1. The van der Waals surface area contributed by atoms with Crippen molar-refractivity contribution < 1.29 is 4.74 Å². The van der Waals surface area contributed by atoms with Crippen molar-refractivity contribution >= 4 is 11.8 Å². The van der Waals surface area contributed by atoms with E-state index < -0.39 is 0 Å². The van der Waals surface area contributed by atoms with Crippen LogP contribution in [0.4, 0.5) is 11.8 Å². The summed E-state index contributed by atoms with van der Waals surface area (Å²) in [7, 11) is 4.02. The van der Waals surface area contributed by atoms with E-state index in [9.17, 15) is 0 Å². The lowest BCUT2D eigenvalue weighted by Gasteiger charge is -2.33. The first-order valence-electron chi connectivity index (χ1n) is 7.98. The molecule has 6 nitrogen and oxygen atoms in total. The van der Waals surface area contributed by atoms with E-state index in [0.717, 1.165) is 44.3 Å². The topological polar surface area (TPSA) is 54.4 Å². The Morgan fingerprint density at radius 1 is 1.22 bits per heavy atom. The van der Waals surface area contributed by atoms with Gasteiger partial charge in [-0.25, -0.2) is 15.0 Å². The molecule has 2 aromatic heterocycles. The van der Waals surface area contributed by atoms with E-state index in [1.165, 1.54) is 5.56 Å². The van der Waals surface area contributed by atoms with E-state index in [-0.39, 0.29) is 6.10 Å². The SMILES string of the molecule is CN(C)c1cc(CC[C@H]2CN(c3ncccn3)CCO2)ccn1. The molecule has 6 heteroatoms. The summed E-state index contributed by atoms with van der Waals surface area (Å²) in [5.74, 6) is 1.78. The minimum Gasteiger partial charge on any atom is -0.375 e. The lowest BCUT2D eigenvalue weighted by atomic mass is 10.1. The zero-order chi connectivity index (χ0) is 16.1. The molecular weight excluding hydrogens is 290 g/mol. The summed E-state index contributed by atoms with van der Waals surface area (Å²) in [6.45, 7) is 2.42. The van der Waals surface area contributed by atoms with Gasteiger partial charge >= 0.3 is 0 Å². The summed E-state index contributed by atoms with van der Waals surface area (Å²) in [6, 6.07) is 6.06. The second-order valence-electron chi connectivity index (χ2n) is 5.94. The smallest absolute Gasteiger partial charge is 0.225 e. The van der Waals surface area contributed by atoms with E-state index in [1.807, 2.05) is 31.3 Å². The summed E-state index contributed by atoms with van der Waals surface area (Å²) in [6.07, 6.45) is 7.62. The van der Waals surface area contributed by atoms with Gasteiger partial charge in [0.25, 0.3) is 0 Å². The second kappa shape index (κ2) is 7.37. The van der Waals surface area contributed by atoms with Crippen molar-refractivity contribution in [1.82, 2.24) is 15.0 Å². The summed E-state index contributed by atoms with van der Waals surface area (Å²) in [5, 5.41) is 0. The van der Waals surface area contributed by atoms with Crippen molar-refractivity contribution in [2.75, 3.05) is 43.6 Å². The molecule has 2 aromatic rings. The summed E-state index contributed by atoms with van der Waals surface area (Å²) >= 11 is 0. The molecule has 3 heterocycles. The number of rotatable bonds is 5. The maximum atomic E-state index is 5.91. The molecule has 1 aliphatic heterocycles. The van der Waals surface area contributed by atoms with E-state index in [2.05, 4.69) is 32.0 Å². The lowest BCUT2D eigenvalue weighted by Crippen LogP contribution is -2.43. The minimum atomic E-state index is 0.212. The Hall–Kier alpha value is -2.21. The second-order valence-corrected chi connectivity index (χ2v) is 5.94. The molecule has 0 aromatic carbocycles. The molecule has 0 spiro atoms. The maximum absolute atomic E-state index is 5.91. The van der Waals surface area contributed by atoms with Gasteiger partial charge in [0, 0.05) is 45.8 Å². The largest absolute Gasteiger partial charge is 0.375 e. The third-order valence-corrected chi connectivity index (χ3v) is 4.00. The van der Waals surface area contributed by atoms with Crippen LogP contribution in [0.15, 0.2) is 36.8 Å². The molecule has 3 rings (SSSR count). The van der Waals surface area contributed by atoms with Crippen LogP contribution < -0.4 is 9.80 Å². The number of ether oxygens (including phenoxy) is 1. The van der Waals surface area contributed by atoms with Crippen LogP contribution in [0.25, 0.3) is 0 Å². The predicted molar refractivity (Wildman–Crippen MR) is 90.9 cm³/mol. The number of aryl methyl sites for hydroxylation is 1. The van der Waals surface area contributed by atoms with Crippen molar-refractivity contribution in [2.45, 2.75) is 18.9 Å². The number of hydrogen-bond acceptors (Lipinski definition) is 6. The lowest BCUT2D eigenvalue weighted by molar-refractivity contribution is 0.0349. The van der Waals surface area contributed by atoms with Crippen molar-refractivity contribution in [1.29, 1.82) is 0 Å². The normalized spacial score (nSPS) is 18.0. The molecule has 0 saturated carbocycles. The van der Waals surface area contributed by atoms with Gasteiger partial charge in [-0.2, -0.15) is 0 Å². The van der Waals surface area contributed by atoms with E-state index in [1.54, 1.807) is 12.4 Å². The molecule has 0 radical (unpaired) electrons. The van der Waals surface area contributed by atoms with Crippen LogP contribution in [0, 0.1) is 0 Å². The summed E-state index contributed by atoms with van der Waals surface area (Å²) in [5.41, 5.74) is 1.29. The Labute approximate surface area is 137 Å². The van der Waals surface area contributed by atoms with Crippen LogP contribution in [0.2, 0.25) is 0 Å². The predicted octanol–water partition coefficient (Wildman–Crippen LogP) is 1.78. The molecule has 1 atom stereocenters. The van der Waals surface area contributed by atoms with Crippen molar-refractivity contribution in [3.63, 3.8) is 0 Å². The van der Waals surface area contributed by atoms with Gasteiger partial charge in [0.05, 0.1) is 12.7 Å². The first-order chi connectivity index (χ1) is 11.2. The fourth-order valence-corrected chi connectivity index (χ4v) is 2.72. The quantitative estimate of drug-likeness (QED) is 0.838. The maximum Gasteiger partial charge on any atom is 0.225 e. The van der Waals surface area contributed by atoms with Crippen LogP contribution >= 0.6 is 0 Å². The Morgan fingerprint density at radius 3 is 2.83 bits per heavy atom. The fraction of sp³-hybridized carbons (Fsp3) is 0.471. The molecule has 0 amide bonds. The molecule has 1 aliphatic rings. The molecular formula is C17H23N5O. The van der Waals surface area contributed by atoms with E-state index in [4.69, 9.17) is 4.74 Å². The number of anilines is 2. The van der Waals surface area contributed by atoms with Crippen molar-refractivity contribution in [2.24, 2.45) is 0 Å². The van der Waals surface area contributed by atoms with Gasteiger partial charge in [-0.05, 0) is 36.6 Å². The van der Waals surface area contributed by atoms with Gasteiger partial charge < -0.3 is 14.5 Å². The van der Waals surface area contributed by atoms with Gasteiger partial charge in [-0.1, -0.05) is 0 Å². The summed E-state index contributed by atoms with van der Waals surface area (Å²) < 4.78 is 5.91.